The minimum atomic E-state index is 0.316. The molecule has 1 nitrogen and oxygen atoms in total. The van der Waals surface area contributed by atoms with E-state index in [9.17, 15) is 5.11 Å². The first-order valence-electron chi connectivity index (χ1n) is 5.13. The molecule has 0 spiro atoms. The molecule has 2 aliphatic rings. The molecule has 2 aliphatic carbocycles. The van der Waals surface area contributed by atoms with E-state index in [-0.39, 0.29) is 0 Å². The van der Waals surface area contributed by atoms with Crippen molar-refractivity contribution in [1.82, 2.24) is 0 Å². The lowest BCUT2D eigenvalue weighted by molar-refractivity contribution is 0.0445. The van der Waals surface area contributed by atoms with E-state index < -0.39 is 0 Å². The number of aliphatic hydroxyl groups excluding tert-OH is 1. The molecule has 0 amide bonds. The van der Waals surface area contributed by atoms with Gasteiger partial charge in [-0.05, 0) is 43.9 Å². The molecule has 1 fully saturated rings. The van der Waals surface area contributed by atoms with Gasteiger partial charge in [0.1, 0.15) is 0 Å². The maximum absolute atomic E-state index is 9.27. The molecule has 2 rings (SSSR count). The lowest BCUT2D eigenvalue weighted by Crippen LogP contribution is -2.33. The molecule has 0 aromatic heterocycles. The van der Waals surface area contributed by atoms with Gasteiger partial charge in [0, 0.05) is 6.61 Å². The molecule has 1 heteroatoms. The van der Waals surface area contributed by atoms with Crippen LogP contribution in [0.5, 0.6) is 0 Å². The standard InChI is InChI=1S/C11H18O/c12-9-11(6-3-7-11)8-10-4-1-2-5-10/h4,12H,1-3,5-9H2. The summed E-state index contributed by atoms with van der Waals surface area (Å²) < 4.78 is 0. The fraction of sp³-hybridized carbons (Fsp3) is 0.818. The first kappa shape index (κ1) is 8.31. The van der Waals surface area contributed by atoms with Crippen LogP contribution in [0, 0.1) is 5.41 Å². The normalized spacial score (nSPS) is 26.6. The van der Waals surface area contributed by atoms with Crippen molar-refractivity contribution in [2.24, 2.45) is 5.41 Å². The van der Waals surface area contributed by atoms with Crippen LogP contribution in [0.3, 0.4) is 0 Å². The molecular weight excluding hydrogens is 148 g/mol. The number of rotatable bonds is 3. The molecule has 0 unspecified atom stereocenters. The van der Waals surface area contributed by atoms with Crippen LogP contribution in [-0.4, -0.2) is 11.7 Å². The van der Waals surface area contributed by atoms with E-state index in [1.54, 1.807) is 5.57 Å². The van der Waals surface area contributed by atoms with Crippen molar-refractivity contribution >= 4 is 0 Å². The molecule has 0 saturated heterocycles. The topological polar surface area (TPSA) is 20.2 Å². The predicted octanol–water partition coefficient (Wildman–Crippen LogP) is 2.65. The lowest BCUT2D eigenvalue weighted by Gasteiger charge is -2.40. The van der Waals surface area contributed by atoms with E-state index in [0.29, 0.717) is 12.0 Å². The summed E-state index contributed by atoms with van der Waals surface area (Å²) in [4.78, 5) is 0. The second-order valence-electron chi connectivity index (χ2n) is 4.44. The quantitative estimate of drug-likeness (QED) is 0.639. The van der Waals surface area contributed by atoms with Crippen LogP contribution < -0.4 is 0 Å². The molecule has 0 heterocycles. The van der Waals surface area contributed by atoms with Gasteiger partial charge in [0.25, 0.3) is 0 Å². The Labute approximate surface area is 74.5 Å². The molecular formula is C11H18O. The van der Waals surface area contributed by atoms with Gasteiger partial charge >= 0.3 is 0 Å². The molecule has 0 aromatic carbocycles. The third-order valence-electron chi connectivity index (χ3n) is 3.49. The van der Waals surface area contributed by atoms with E-state index in [4.69, 9.17) is 0 Å². The number of hydrogen-bond donors (Lipinski definition) is 1. The van der Waals surface area contributed by atoms with Crippen LogP contribution in [0.25, 0.3) is 0 Å². The fourth-order valence-electron chi connectivity index (χ4n) is 2.45. The Balaban J connectivity index is 1.91. The third-order valence-corrected chi connectivity index (χ3v) is 3.49. The van der Waals surface area contributed by atoms with Gasteiger partial charge in [0.15, 0.2) is 0 Å². The molecule has 0 radical (unpaired) electrons. The van der Waals surface area contributed by atoms with Gasteiger partial charge in [0.05, 0.1) is 0 Å². The van der Waals surface area contributed by atoms with Gasteiger partial charge in [0.2, 0.25) is 0 Å². The van der Waals surface area contributed by atoms with Crippen LogP contribution in [0.2, 0.25) is 0 Å². The summed E-state index contributed by atoms with van der Waals surface area (Å²) in [6, 6.07) is 0. The second-order valence-corrected chi connectivity index (χ2v) is 4.44. The van der Waals surface area contributed by atoms with E-state index in [2.05, 4.69) is 6.08 Å². The first-order valence-corrected chi connectivity index (χ1v) is 5.13. The molecule has 68 valence electrons. The highest BCUT2D eigenvalue weighted by atomic mass is 16.3. The summed E-state index contributed by atoms with van der Waals surface area (Å²) in [5.74, 6) is 0. The Morgan fingerprint density at radius 3 is 2.58 bits per heavy atom. The highest BCUT2D eigenvalue weighted by Gasteiger charge is 2.36. The van der Waals surface area contributed by atoms with Crippen LogP contribution in [0.15, 0.2) is 11.6 Å². The van der Waals surface area contributed by atoms with Crippen molar-refractivity contribution in [1.29, 1.82) is 0 Å². The van der Waals surface area contributed by atoms with Crippen molar-refractivity contribution in [2.75, 3.05) is 6.61 Å². The summed E-state index contributed by atoms with van der Waals surface area (Å²) in [6.07, 6.45) is 11.3. The highest BCUT2D eigenvalue weighted by Crippen LogP contribution is 2.46. The van der Waals surface area contributed by atoms with Crippen LogP contribution in [0.4, 0.5) is 0 Å². The fourth-order valence-corrected chi connectivity index (χ4v) is 2.45. The van der Waals surface area contributed by atoms with Crippen LogP contribution >= 0.6 is 0 Å². The second kappa shape index (κ2) is 3.21. The zero-order chi connectivity index (χ0) is 8.44. The number of hydrogen-bond acceptors (Lipinski definition) is 1. The molecule has 0 aromatic rings. The lowest BCUT2D eigenvalue weighted by atomic mass is 9.66. The molecule has 0 bridgehead atoms. The Hall–Kier alpha value is -0.300. The Bertz CT molecular complexity index is 184. The smallest absolute Gasteiger partial charge is 0.0490 e. The molecule has 1 N–H and O–H groups in total. The van der Waals surface area contributed by atoms with Crippen molar-refractivity contribution in [3.05, 3.63) is 11.6 Å². The SMILES string of the molecule is OCC1(CC2=CCCC2)CCC1. The van der Waals surface area contributed by atoms with Crippen molar-refractivity contribution in [2.45, 2.75) is 44.9 Å². The summed E-state index contributed by atoms with van der Waals surface area (Å²) in [6.45, 7) is 0.407. The third kappa shape index (κ3) is 1.42. The van der Waals surface area contributed by atoms with Gasteiger partial charge in [-0.1, -0.05) is 18.1 Å². The summed E-state index contributed by atoms with van der Waals surface area (Å²) in [7, 11) is 0. The van der Waals surface area contributed by atoms with Gasteiger partial charge in [-0.15, -0.1) is 0 Å². The minimum absolute atomic E-state index is 0.316. The Morgan fingerprint density at radius 2 is 2.17 bits per heavy atom. The van der Waals surface area contributed by atoms with Crippen molar-refractivity contribution in [3.63, 3.8) is 0 Å². The average Bonchev–Trinajstić information content (AvgIpc) is 2.49. The predicted molar refractivity (Wildman–Crippen MR) is 49.9 cm³/mol. The van der Waals surface area contributed by atoms with Crippen LogP contribution in [-0.2, 0) is 0 Å². The summed E-state index contributed by atoms with van der Waals surface area (Å²) in [5.41, 5.74) is 1.93. The van der Waals surface area contributed by atoms with Gasteiger partial charge in [-0.2, -0.15) is 0 Å². The molecule has 1 saturated carbocycles. The van der Waals surface area contributed by atoms with E-state index >= 15 is 0 Å². The Morgan fingerprint density at radius 1 is 1.33 bits per heavy atom. The largest absolute Gasteiger partial charge is 0.396 e. The van der Waals surface area contributed by atoms with Crippen molar-refractivity contribution < 1.29 is 5.11 Å². The maximum atomic E-state index is 9.27. The maximum Gasteiger partial charge on any atom is 0.0490 e. The molecule has 0 atom stereocenters. The molecule has 12 heavy (non-hydrogen) atoms. The van der Waals surface area contributed by atoms with Crippen molar-refractivity contribution in [3.8, 4) is 0 Å². The summed E-state index contributed by atoms with van der Waals surface area (Å²) >= 11 is 0. The van der Waals surface area contributed by atoms with E-state index in [1.165, 1.54) is 44.9 Å². The molecule has 0 aliphatic heterocycles. The monoisotopic (exact) mass is 166 g/mol. The van der Waals surface area contributed by atoms with Gasteiger partial charge < -0.3 is 5.11 Å². The minimum Gasteiger partial charge on any atom is -0.396 e. The summed E-state index contributed by atoms with van der Waals surface area (Å²) in [5, 5.41) is 9.27. The zero-order valence-electron chi connectivity index (χ0n) is 7.68. The first-order chi connectivity index (χ1) is 5.85. The highest BCUT2D eigenvalue weighted by molar-refractivity contribution is 5.11. The van der Waals surface area contributed by atoms with E-state index in [0.717, 1.165) is 0 Å². The van der Waals surface area contributed by atoms with E-state index in [1.807, 2.05) is 0 Å². The zero-order valence-corrected chi connectivity index (χ0v) is 7.68. The number of aliphatic hydroxyl groups is 1. The Kier molecular flexibility index (Phi) is 2.22. The van der Waals surface area contributed by atoms with Gasteiger partial charge in [-0.25, -0.2) is 0 Å². The van der Waals surface area contributed by atoms with Gasteiger partial charge in [-0.3, -0.25) is 0 Å². The van der Waals surface area contributed by atoms with Crippen LogP contribution in [0.1, 0.15) is 44.9 Å². The number of allylic oxidation sites excluding steroid dienone is 2. The average molecular weight is 166 g/mol.